The van der Waals surface area contributed by atoms with Crippen LogP contribution in [-0.2, 0) is 26.1 Å². The molecular weight excluding hydrogens is 393 g/mol. The first-order chi connectivity index (χ1) is 12.8. The molecule has 0 aliphatic carbocycles. The van der Waals surface area contributed by atoms with Crippen molar-refractivity contribution in [2.24, 2.45) is 0 Å². The second kappa shape index (κ2) is 9.30. The SMILES string of the molecule is CCOC(=O)CCN(Cc1ccccc1F)S(=O)(=O)c1cccc(Cl)c1C. The Kier molecular flexibility index (Phi) is 7.35. The summed E-state index contributed by atoms with van der Waals surface area (Å²) in [5.41, 5.74) is 0.610. The highest BCUT2D eigenvalue weighted by Gasteiger charge is 2.28. The fourth-order valence-corrected chi connectivity index (χ4v) is 4.45. The van der Waals surface area contributed by atoms with Gasteiger partial charge >= 0.3 is 5.97 Å². The molecule has 0 amide bonds. The number of rotatable bonds is 8. The maximum Gasteiger partial charge on any atom is 0.307 e. The number of nitrogens with zero attached hydrogens (tertiary/aromatic N) is 1. The lowest BCUT2D eigenvalue weighted by Gasteiger charge is -2.23. The van der Waals surface area contributed by atoms with E-state index in [1.165, 1.54) is 30.3 Å². The van der Waals surface area contributed by atoms with Crippen LogP contribution in [0.3, 0.4) is 0 Å². The van der Waals surface area contributed by atoms with Gasteiger partial charge < -0.3 is 4.74 Å². The zero-order valence-electron chi connectivity index (χ0n) is 15.1. The number of hydrogen-bond acceptors (Lipinski definition) is 4. The van der Waals surface area contributed by atoms with Crippen LogP contribution in [0.5, 0.6) is 0 Å². The summed E-state index contributed by atoms with van der Waals surface area (Å²) < 4.78 is 46.4. The number of halogens is 2. The molecule has 0 heterocycles. The highest BCUT2D eigenvalue weighted by Crippen LogP contribution is 2.27. The number of carbonyl (C=O) groups excluding carboxylic acids is 1. The van der Waals surface area contributed by atoms with Crippen LogP contribution in [-0.4, -0.2) is 31.8 Å². The molecule has 2 rings (SSSR count). The van der Waals surface area contributed by atoms with Gasteiger partial charge in [-0.05, 0) is 37.6 Å². The van der Waals surface area contributed by atoms with E-state index in [1.54, 1.807) is 26.0 Å². The monoisotopic (exact) mass is 413 g/mol. The summed E-state index contributed by atoms with van der Waals surface area (Å²) in [6.07, 6.45) is -0.138. The predicted octanol–water partition coefficient (Wildman–Crippen LogP) is 3.93. The standard InChI is InChI=1S/C19H21ClFNO4S/c1-3-26-19(23)11-12-22(13-15-7-4-5-9-17(15)21)27(24,25)18-10-6-8-16(20)14(18)2/h4-10H,3,11-13H2,1-2H3. The average molecular weight is 414 g/mol. The maximum absolute atomic E-state index is 14.1. The van der Waals surface area contributed by atoms with Crippen molar-refractivity contribution in [1.82, 2.24) is 4.31 Å². The van der Waals surface area contributed by atoms with Crippen LogP contribution in [0.2, 0.25) is 5.02 Å². The van der Waals surface area contributed by atoms with Crippen LogP contribution in [0, 0.1) is 12.7 Å². The summed E-state index contributed by atoms with van der Waals surface area (Å²) in [6, 6.07) is 10.5. The van der Waals surface area contributed by atoms with Crippen molar-refractivity contribution >= 4 is 27.6 Å². The molecule has 0 aromatic heterocycles. The first-order valence-corrected chi connectivity index (χ1v) is 10.2. The third-order valence-corrected chi connectivity index (χ3v) is 6.41. The van der Waals surface area contributed by atoms with Crippen LogP contribution in [0.4, 0.5) is 4.39 Å². The van der Waals surface area contributed by atoms with Crippen LogP contribution < -0.4 is 0 Å². The van der Waals surface area contributed by atoms with Crippen molar-refractivity contribution in [3.8, 4) is 0 Å². The van der Waals surface area contributed by atoms with E-state index in [1.807, 2.05) is 0 Å². The number of esters is 1. The van der Waals surface area contributed by atoms with Crippen molar-refractivity contribution in [3.63, 3.8) is 0 Å². The van der Waals surface area contributed by atoms with Gasteiger partial charge in [0, 0.05) is 23.7 Å². The van der Waals surface area contributed by atoms with Crippen LogP contribution in [0.15, 0.2) is 47.4 Å². The van der Waals surface area contributed by atoms with E-state index in [-0.39, 0.29) is 36.6 Å². The first-order valence-electron chi connectivity index (χ1n) is 8.41. The number of hydrogen-bond donors (Lipinski definition) is 0. The zero-order chi connectivity index (χ0) is 20.0. The molecule has 2 aromatic rings. The van der Waals surface area contributed by atoms with Gasteiger partial charge in [0.2, 0.25) is 10.0 Å². The maximum atomic E-state index is 14.1. The van der Waals surface area contributed by atoms with Crippen LogP contribution in [0.1, 0.15) is 24.5 Å². The van der Waals surface area contributed by atoms with E-state index in [0.717, 1.165) is 4.31 Å². The molecule has 27 heavy (non-hydrogen) atoms. The number of carbonyl (C=O) groups is 1. The van der Waals surface area contributed by atoms with Crippen molar-refractivity contribution in [1.29, 1.82) is 0 Å². The molecular formula is C19H21ClFNO4S. The van der Waals surface area contributed by atoms with Gasteiger partial charge in [0.05, 0.1) is 17.9 Å². The Bertz CT molecular complexity index is 918. The Balaban J connectivity index is 2.39. The Morgan fingerprint density at radius 3 is 2.56 bits per heavy atom. The highest BCUT2D eigenvalue weighted by molar-refractivity contribution is 7.89. The molecule has 0 saturated heterocycles. The van der Waals surface area contributed by atoms with Crippen LogP contribution >= 0.6 is 11.6 Å². The quantitative estimate of drug-likeness (QED) is 0.615. The Labute approximate surface area is 163 Å². The Hall–Kier alpha value is -1.96. The molecule has 0 saturated carbocycles. The van der Waals surface area contributed by atoms with Gasteiger partial charge in [-0.3, -0.25) is 4.79 Å². The highest BCUT2D eigenvalue weighted by atomic mass is 35.5. The van der Waals surface area contributed by atoms with E-state index in [9.17, 15) is 17.6 Å². The van der Waals surface area contributed by atoms with E-state index in [0.29, 0.717) is 10.6 Å². The molecule has 0 spiro atoms. The molecule has 0 fully saturated rings. The summed E-state index contributed by atoms with van der Waals surface area (Å²) in [7, 11) is -4.01. The molecule has 0 bridgehead atoms. The Morgan fingerprint density at radius 2 is 1.89 bits per heavy atom. The summed E-state index contributed by atoms with van der Waals surface area (Å²) in [5.74, 6) is -1.04. The lowest BCUT2D eigenvalue weighted by Crippen LogP contribution is -2.33. The third-order valence-electron chi connectivity index (χ3n) is 4.01. The van der Waals surface area contributed by atoms with E-state index in [4.69, 9.17) is 16.3 Å². The van der Waals surface area contributed by atoms with E-state index < -0.39 is 21.8 Å². The minimum Gasteiger partial charge on any atom is -0.466 e. The van der Waals surface area contributed by atoms with Gasteiger partial charge in [0.15, 0.2) is 0 Å². The summed E-state index contributed by atoms with van der Waals surface area (Å²) in [5, 5.41) is 0.312. The molecule has 0 N–H and O–H groups in total. The molecule has 0 unspecified atom stereocenters. The summed E-state index contributed by atoms with van der Waals surface area (Å²) in [6.45, 7) is 3.12. The van der Waals surface area contributed by atoms with Gasteiger partial charge in [-0.1, -0.05) is 35.9 Å². The molecule has 5 nitrogen and oxygen atoms in total. The third kappa shape index (κ3) is 5.28. The fraction of sp³-hybridized carbons (Fsp3) is 0.316. The molecule has 146 valence electrons. The van der Waals surface area contributed by atoms with Gasteiger partial charge in [-0.25, -0.2) is 12.8 Å². The first kappa shape index (κ1) is 21.3. The minimum atomic E-state index is -4.01. The second-order valence-electron chi connectivity index (χ2n) is 5.85. The molecule has 8 heteroatoms. The molecule has 0 aliphatic heterocycles. The lowest BCUT2D eigenvalue weighted by atomic mass is 10.2. The number of sulfonamides is 1. The van der Waals surface area contributed by atoms with Gasteiger partial charge in [-0.2, -0.15) is 4.31 Å². The van der Waals surface area contributed by atoms with E-state index in [2.05, 4.69) is 0 Å². The summed E-state index contributed by atoms with van der Waals surface area (Å²) >= 11 is 6.06. The fourth-order valence-electron chi connectivity index (χ4n) is 2.56. The average Bonchev–Trinajstić information content (AvgIpc) is 2.62. The lowest BCUT2D eigenvalue weighted by molar-refractivity contribution is -0.143. The van der Waals surface area contributed by atoms with Crippen molar-refractivity contribution in [2.45, 2.75) is 31.7 Å². The molecule has 0 radical (unpaired) electrons. The smallest absolute Gasteiger partial charge is 0.307 e. The van der Waals surface area contributed by atoms with Gasteiger partial charge in [0.25, 0.3) is 0 Å². The summed E-state index contributed by atoms with van der Waals surface area (Å²) in [4.78, 5) is 11.7. The Morgan fingerprint density at radius 1 is 1.19 bits per heavy atom. The minimum absolute atomic E-state index is 0.0233. The zero-order valence-corrected chi connectivity index (χ0v) is 16.7. The molecule has 0 aliphatic rings. The van der Waals surface area contributed by atoms with Crippen LogP contribution in [0.25, 0.3) is 0 Å². The molecule has 0 atom stereocenters. The van der Waals surface area contributed by atoms with Crippen molar-refractivity contribution in [3.05, 3.63) is 64.4 Å². The van der Waals surface area contributed by atoms with Crippen molar-refractivity contribution in [2.75, 3.05) is 13.2 Å². The largest absolute Gasteiger partial charge is 0.466 e. The topological polar surface area (TPSA) is 63.7 Å². The predicted molar refractivity (Wildman–Crippen MR) is 101 cm³/mol. The van der Waals surface area contributed by atoms with Gasteiger partial charge in [-0.15, -0.1) is 0 Å². The number of ether oxygens (including phenoxy) is 1. The number of benzene rings is 2. The normalized spacial score (nSPS) is 11.6. The second-order valence-corrected chi connectivity index (χ2v) is 8.16. The van der Waals surface area contributed by atoms with Gasteiger partial charge in [0.1, 0.15) is 5.82 Å². The van der Waals surface area contributed by atoms with E-state index >= 15 is 0 Å². The molecule has 2 aromatic carbocycles. The van der Waals surface area contributed by atoms with Crippen molar-refractivity contribution < 1.29 is 22.3 Å².